The molecule has 1 aliphatic rings. The lowest BCUT2D eigenvalue weighted by atomic mass is 10.1. The maximum atomic E-state index is 12.2. The number of nitrogens with one attached hydrogen (secondary N) is 2. The van der Waals surface area contributed by atoms with Gasteiger partial charge in [0.1, 0.15) is 0 Å². The van der Waals surface area contributed by atoms with Gasteiger partial charge in [0, 0.05) is 25.4 Å². The molecule has 2 N–H and O–H groups in total. The molecule has 0 bridgehead atoms. The van der Waals surface area contributed by atoms with Gasteiger partial charge in [-0.15, -0.1) is 0 Å². The minimum Gasteiger partial charge on any atom is -0.385 e. The molecular weight excluding hydrogens is 252 g/mol. The van der Waals surface area contributed by atoms with Gasteiger partial charge in [-0.2, -0.15) is 0 Å². The highest BCUT2D eigenvalue weighted by Gasteiger charge is 2.16. The monoisotopic (exact) mass is 276 g/mol. The molecule has 1 fully saturated rings. The molecule has 1 unspecified atom stereocenters. The Morgan fingerprint density at radius 3 is 3.00 bits per heavy atom. The van der Waals surface area contributed by atoms with E-state index in [9.17, 15) is 4.79 Å². The molecule has 0 radical (unpaired) electrons. The van der Waals surface area contributed by atoms with Gasteiger partial charge in [-0.3, -0.25) is 4.79 Å². The van der Waals surface area contributed by atoms with Gasteiger partial charge in [0.05, 0.1) is 11.7 Å². The number of ether oxygens (including phenoxy) is 1. The van der Waals surface area contributed by atoms with E-state index in [2.05, 4.69) is 10.6 Å². The number of amides is 1. The highest BCUT2D eigenvalue weighted by atomic mass is 16.5. The van der Waals surface area contributed by atoms with Crippen molar-refractivity contribution in [1.82, 2.24) is 5.32 Å². The molecule has 0 aliphatic carbocycles. The Hall–Kier alpha value is -1.55. The van der Waals surface area contributed by atoms with E-state index in [-0.39, 0.29) is 5.91 Å². The highest BCUT2D eigenvalue weighted by Crippen LogP contribution is 2.18. The van der Waals surface area contributed by atoms with Crippen LogP contribution in [0.15, 0.2) is 18.2 Å². The topological polar surface area (TPSA) is 50.4 Å². The van der Waals surface area contributed by atoms with Gasteiger partial charge in [-0.1, -0.05) is 6.07 Å². The summed E-state index contributed by atoms with van der Waals surface area (Å²) in [5.74, 6) is -0.0149. The van der Waals surface area contributed by atoms with E-state index >= 15 is 0 Å². The van der Waals surface area contributed by atoms with Crippen molar-refractivity contribution in [1.29, 1.82) is 0 Å². The SMILES string of the molecule is CCNc1cc(C)ccc1C(=O)NCCC1CCCO1. The summed E-state index contributed by atoms with van der Waals surface area (Å²) in [7, 11) is 0. The Morgan fingerprint density at radius 2 is 2.30 bits per heavy atom. The summed E-state index contributed by atoms with van der Waals surface area (Å²) in [5.41, 5.74) is 2.77. The summed E-state index contributed by atoms with van der Waals surface area (Å²) in [4.78, 5) is 12.2. The van der Waals surface area contributed by atoms with E-state index in [0.29, 0.717) is 18.2 Å². The van der Waals surface area contributed by atoms with Crippen LogP contribution in [0.5, 0.6) is 0 Å². The summed E-state index contributed by atoms with van der Waals surface area (Å²) in [6.45, 7) is 6.39. The number of carbonyl (C=O) groups excluding carboxylic acids is 1. The number of carbonyl (C=O) groups is 1. The summed E-state index contributed by atoms with van der Waals surface area (Å²) in [5, 5.41) is 6.23. The van der Waals surface area contributed by atoms with Crippen LogP contribution in [0.4, 0.5) is 5.69 Å². The quantitative estimate of drug-likeness (QED) is 0.840. The smallest absolute Gasteiger partial charge is 0.253 e. The molecule has 1 amide bonds. The predicted octanol–water partition coefficient (Wildman–Crippen LogP) is 2.73. The minimum atomic E-state index is -0.0149. The second-order valence-corrected chi connectivity index (χ2v) is 5.26. The maximum absolute atomic E-state index is 12.2. The molecule has 4 heteroatoms. The first-order valence-corrected chi connectivity index (χ1v) is 7.45. The first-order valence-electron chi connectivity index (χ1n) is 7.45. The number of hydrogen-bond donors (Lipinski definition) is 2. The molecule has 1 saturated heterocycles. The van der Waals surface area contributed by atoms with Crippen LogP contribution in [-0.4, -0.2) is 31.7 Å². The third kappa shape index (κ3) is 3.97. The van der Waals surface area contributed by atoms with Gasteiger partial charge >= 0.3 is 0 Å². The molecule has 1 aliphatic heterocycles. The Kier molecular flexibility index (Phi) is 5.41. The minimum absolute atomic E-state index is 0.0149. The van der Waals surface area contributed by atoms with E-state index in [4.69, 9.17) is 4.74 Å². The predicted molar refractivity (Wildman–Crippen MR) is 81.3 cm³/mol. The Morgan fingerprint density at radius 1 is 1.45 bits per heavy atom. The Labute approximate surface area is 120 Å². The summed E-state index contributed by atoms with van der Waals surface area (Å²) >= 11 is 0. The second kappa shape index (κ2) is 7.29. The maximum Gasteiger partial charge on any atom is 0.253 e. The van der Waals surface area contributed by atoms with Crippen molar-refractivity contribution >= 4 is 11.6 Å². The lowest BCUT2D eigenvalue weighted by molar-refractivity contribution is 0.0908. The molecule has 1 aromatic rings. The van der Waals surface area contributed by atoms with Crippen LogP contribution in [0.3, 0.4) is 0 Å². The van der Waals surface area contributed by atoms with Crippen LogP contribution in [0.2, 0.25) is 0 Å². The first-order chi connectivity index (χ1) is 9.70. The van der Waals surface area contributed by atoms with Crippen molar-refractivity contribution in [2.24, 2.45) is 0 Å². The van der Waals surface area contributed by atoms with Gasteiger partial charge < -0.3 is 15.4 Å². The van der Waals surface area contributed by atoms with Gasteiger partial charge in [-0.05, 0) is 50.8 Å². The first kappa shape index (κ1) is 14.9. The molecule has 0 saturated carbocycles. The van der Waals surface area contributed by atoms with Gasteiger partial charge in [0.25, 0.3) is 5.91 Å². The molecule has 2 rings (SSSR count). The average molecular weight is 276 g/mol. The lowest BCUT2D eigenvalue weighted by Gasteiger charge is -2.13. The summed E-state index contributed by atoms with van der Waals surface area (Å²) < 4.78 is 5.55. The molecule has 1 heterocycles. The summed E-state index contributed by atoms with van der Waals surface area (Å²) in [6.07, 6.45) is 3.47. The number of benzene rings is 1. The molecule has 1 aromatic carbocycles. The fraction of sp³-hybridized carbons (Fsp3) is 0.562. The van der Waals surface area contributed by atoms with Crippen LogP contribution in [-0.2, 0) is 4.74 Å². The molecule has 20 heavy (non-hydrogen) atoms. The molecule has 4 nitrogen and oxygen atoms in total. The lowest BCUT2D eigenvalue weighted by Crippen LogP contribution is -2.27. The van der Waals surface area contributed by atoms with Gasteiger partial charge in [-0.25, -0.2) is 0 Å². The van der Waals surface area contributed by atoms with E-state index in [1.54, 1.807) is 0 Å². The van der Waals surface area contributed by atoms with Gasteiger partial charge in [0.2, 0.25) is 0 Å². The van der Waals surface area contributed by atoms with Crippen LogP contribution in [0.25, 0.3) is 0 Å². The van der Waals surface area contributed by atoms with E-state index in [1.165, 1.54) is 0 Å². The number of anilines is 1. The van der Waals surface area contributed by atoms with Crippen molar-refractivity contribution in [3.05, 3.63) is 29.3 Å². The Balaban J connectivity index is 1.90. The van der Waals surface area contributed by atoms with Crippen LogP contribution < -0.4 is 10.6 Å². The zero-order chi connectivity index (χ0) is 14.4. The molecule has 0 aromatic heterocycles. The van der Waals surface area contributed by atoms with Gasteiger partial charge in [0.15, 0.2) is 0 Å². The standard InChI is InChI=1S/C16H24N2O2/c1-3-17-15-11-12(2)6-7-14(15)16(19)18-9-8-13-5-4-10-20-13/h6-7,11,13,17H,3-5,8-10H2,1-2H3,(H,18,19). The van der Waals surface area contributed by atoms with Crippen LogP contribution >= 0.6 is 0 Å². The summed E-state index contributed by atoms with van der Waals surface area (Å²) in [6, 6.07) is 5.86. The van der Waals surface area contributed by atoms with Crippen molar-refractivity contribution in [3.63, 3.8) is 0 Å². The van der Waals surface area contributed by atoms with Crippen molar-refractivity contribution in [2.75, 3.05) is 25.0 Å². The molecule has 1 atom stereocenters. The number of rotatable bonds is 6. The normalized spacial score (nSPS) is 18.0. The van der Waals surface area contributed by atoms with Crippen molar-refractivity contribution < 1.29 is 9.53 Å². The third-order valence-corrected chi connectivity index (χ3v) is 3.56. The number of aryl methyl sites for hydroxylation is 1. The zero-order valence-corrected chi connectivity index (χ0v) is 12.4. The average Bonchev–Trinajstić information content (AvgIpc) is 2.92. The zero-order valence-electron chi connectivity index (χ0n) is 12.4. The highest BCUT2D eigenvalue weighted by molar-refractivity contribution is 5.99. The van der Waals surface area contributed by atoms with Crippen LogP contribution in [0, 0.1) is 6.92 Å². The van der Waals surface area contributed by atoms with Crippen molar-refractivity contribution in [3.8, 4) is 0 Å². The van der Waals surface area contributed by atoms with Crippen molar-refractivity contribution in [2.45, 2.75) is 39.2 Å². The Bertz CT molecular complexity index is 454. The van der Waals surface area contributed by atoms with E-state index in [0.717, 1.165) is 43.7 Å². The van der Waals surface area contributed by atoms with E-state index < -0.39 is 0 Å². The largest absolute Gasteiger partial charge is 0.385 e. The van der Waals surface area contributed by atoms with E-state index in [1.807, 2.05) is 32.0 Å². The third-order valence-electron chi connectivity index (χ3n) is 3.56. The molecule has 0 spiro atoms. The fourth-order valence-electron chi connectivity index (χ4n) is 2.51. The number of hydrogen-bond acceptors (Lipinski definition) is 3. The molecular formula is C16H24N2O2. The fourth-order valence-corrected chi connectivity index (χ4v) is 2.51. The molecule has 110 valence electrons. The van der Waals surface area contributed by atoms with Crippen LogP contribution in [0.1, 0.15) is 42.1 Å². The second-order valence-electron chi connectivity index (χ2n) is 5.26.